The lowest BCUT2D eigenvalue weighted by molar-refractivity contribution is -0.139. The largest absolute Gasteiger partial charge is 0.469 e. The molecule has 3 atom stereocenters. The van der Waals surface area contributed by atoms with Crippen LogP contribution >= 0.6 is 0 Å². The van der Waals surface area contributed by atoms with E-state index in [2.05, 4.69) is 25.2 Å². The monoisotopic (exact) mass is 289 g/mol. The third-order valence-electron chi connectivity index (χ3n) is 4.99. The minimum absolute atomic E-state index is 0.178. The number of nitrogens with one attached hydrogen (secondary N) is 1. The van der Waals surface area contributed by atoms with Gasteiger partial charge in [0, 0.05) is 12.6 Å². The molecule has 3 unspecified atom stereocenters. The van der Waals surface area contributed by atoms with Crippen LogP contribution in [0.25, 0.3) is 0 Å². The first kappa shape index (κ1) is 16.0. The molecule has 3 heteroatoms. The maximum atomic E-state index is 11.5. The minimum atomic E-state index is -0.178. The van der Waals surface area contributed by atoms with Crippen LogP contribution in [0.3, 0.4) is 0 Å². The van der Waals surface area contributed by atoms with Crippen LogP contribution in [0.2, 0.25) is 0 Å². The molecule has 0 spiro atoms. The van der Waals surface area contributed by atoms with Crippen molar-refractivity contribution < 1.29 is 9.53 Å². The lowest BCUT2D eigenvalue weighted by Crippen LogP contribution is -2.32. The summed E-state index contributed by atoms with van der Waals surface area (Å²) in [5.74, 6) is 1.42. The third kappa shape index (κ3) is 4.07. The van der Waals surface area contributed by atoms with Gasteiger partial charge in [0.25, 0.3) is 0 Å². The highest BCUT2D eigenvalue weighted by atomic mass is 16.5. The number of methoxy groups -OCH3 is 1. The van der Waals surface area contributed by atoms with Gasteiger partial charge < -0.3 is 10.1 Å². The molecule has 0 saturated heterocycles. The van der Waals surface area contributed by atoms with E-state index in [-0.39, 0.29) is 5.97 Å². The predicted octanol–water partition coefficient (Wildman–Crippen LogP) is 3.32. The van der Waals surface area contributed by atoms with Crippen molar-refractivity contribution in [1.29, 1.82) is 0 Å². The van der Waals surface area contributed by atoms with Gasteiger partial charge in [-0.3, -0.25) is 4.79 Å². The van der Waals surface area contributed by atoms with E-state index in [0.29, 0.717) is 12.5 Å². The number of carbonyl (C=O) groups excluding carboxylic acids is 1. The van der Waals surface area contributed by atoms with Gasteiger partial charge in [0.1, 0.15) is 0 Å². The van der Waals surface area contributed by atoms with Crippen LogP contribution in [-0.4, -0.2) is 19.1 Å². The Morgan fingerprint density at radius 3 is 2.62 bits per heavy atom. The normalized spacial score (nSPS) is 25.0. The topological polar surface area (TPSA) is 38.3 Å². The zero-order valence-electron chi connectivity index (χ0n) is 13.4. The number of hydrogen-bond donors (Lipinski definition) is 1. The lowest BCUT2D eigenvalue weighted by Gasteiger charge is -2.21. The van der Waals surface area contributed by atoms with Gasteiger partial charge in [-0.05, 0) is 35.8 Å². The fourth-order valence-electron chi connectivity index (χ4n) is 3.48. The second-order valence-electron chi connectivity index (χ2n) is 6.11. The molecule has 1 saturated carbocycles. The van der Waals surface area contributed by atoms with E-state index in [9.17, 15) is 4.79 Å². The van der Waals surface area contributed by atoms with Gasteiger partial charge in [-0.2, -0.15) is 0 Å². The van der Waals surface area contributed by atoms with E-state index in [0.717, 1.165) is 23.9 Å². The van der Waals surface area contributed by atoms with Crippen LogP contribution in [0.5, 0.6) is 0 Å². The van der Waals surface area contributed by atoms with Crippen LogP contribution in [-0.2, 0) is 22.5 Å². The molecule has 0 bridgehead atoms. The average molecular weight is 289 g/mol. The van der Waals surface area contributed by atoms with E-state index < -0.39 is 0 Å². The highest BCUT2D eigenvalue weighted by molar-refractivity contribution is 5.72. The molecule has 0 heterocycles. The van der Waals surface area contributed by atoms with E-state index in [1.807, 2.05) is 18.2 Å². The zero-order chi connectivity index (χ0) is 15.2. The van der Waals surface area contributed by atoms with Crippen molar-refractivity contribution >= 4 is 5.97 Å². The summed E-state index contributed by atoms with van der Waals surface area (Å²) in [7, 11) is 1.44. The van der Waals surface area contributed by atoms with Crippen molar-refractivity contribution in [2.24, 2.45) is 11.8 Å². The molecule has 116 valence electrons. The number of esters is 1. The van der Waals surface area contributed by atoms with Gasteiger partial charge in [-0.25, -0.2) is 0 Å². The van der Waals surface area contributed by atoms with Crippen molar-refractivity contribution in [3.63, 3.8) is 0 Å². The molecule has 0 radical (unpaired) electrons. The predicted molar refractivity (Wildman–Crippen MR) is 85.0 cm³/mol. The third-order valence-corrected chi connectivity index (χ3v) is 4.99. The fourth-order valence-corrected chi connectivity index (χ4v) is 3.48. The molecular weight excluding hydrogens is 262 g/mol. The SMILES string of the molecule is CCC1CCC(NCc2ccccc2CC(=O)OC)C1C. The van der Waals surface area contributed by atoms with Crippen molar-refractivity contribution in [2.45, 2.75) is 52.1 Å². The van der Waals surface area contributed by atoms with Gasteiger partial charge in [0.05, 0.1) is 13.5 Å². The van der Waals surface area contributed by atoms with Gasteiger partial charge in [-0.1, -0.05) is 44.5 Å². The van der Waals surface area contributed by atoms with Gasteiger partial charge in [0.2, 0.25) is 0 Å². The number of benzene rings is 1. The number of carbonyl (C=O) groups is 1. The lowest BCUT2D eigenvalue weighted by atomic mass is 9.93. The number of hydrogen-bond acceptors (Lipinski definition) is 3. The molecule has 0 amide bonds. The molecule has 1 N–H and O–H groups in total. The Morgan fingerprint density at radius 2 is 2.00 bits per heavy atom. The minimum Gasteiger partial charge on any atom is -0.469 e. The fraction of sp³-hybridized carbons (Fsp3) is 0.611. The Kier molecular flexibility index (Phi) is 5.80. The first-order valence-electron chi connectivity index (χ1n) is 8.02. The van der Waals surface area contributed by atoms with Crippen LogP contribution in [0.1, 0.15) is 44.2 Å². The summed E-state index contributed by atoms with van der Waals surface area (Å²) < 4.78 is 4.77. The Hall–Kier alpha value is -1.35. The summed E-state index contributed by atoms with van der Waals surface area (Å²) in [5, 5.41) is 3.69. The molecule has 1 fully saturated rings. The van der Waals surface area contributed by atoms with E-state index in [1.165, 1.54) is 31.9 Å². The van der Waals surface area contributed by atoms with Crippen molar-refractivity contribution in [3.05, 3.63) is 35.4 Å². The molecule has 1 aromatic carbocycles. The molecule has 0 aromatic heterocycles. The Morgan fingerprint density at radius 1 is 1.29 bits per heavy atom. The van der Waals surface area contributed by atoms with Crippen molar-refractivity contribution in [3.8, 4) is 0 Å². The summed E-state index contributed by atoms with van der Waals surface area (Å²) in [6, 6.07) is 8.72. The molecular formula is C18H27NO2. The summed E-state index contributed by atoms with van der Waals surface area (Å²) in [6.45, 7) is 5.48. The first-order chi connectivity index (χ1) is 10.2. The van der Waals surface area contributed by atoms with Gasteiger partial charge >= 0.3 is 5.97 Å². The molecule has 21 heavy (non-hydrogen) atoms. The van der Waals surface area contributed by atoms with Crippen LogP contribution in [0, 0.1) is 11.8 Å². The maximum Gasteiger partial charge on any atom is 0.309 e. The molecule has 1 aliphatic carbocycles. The molecule has 2 rings (SSSR count). The highest BCUT2D eigenvalue weighted by Crippen LogP contribution is 2.34. The number of rotatable bonds is 6. The summed E-state index contributed by atoms with van der Waals surface area (Å²) in [4.78, 5) is 11.5. The second kappa shape index (κ2) is 7.60. The van der Waals surface area contributed by atoms with Crippen molar-refractivity contribution in [2.75, 3.05) is 7.11 Å². The number of ether oxygens (including phenoxy) is 1. The molecule has 1 aromatic rings. The molecule has 0 aliphatic heterocycles. The van der Waals surface area contributed by atoms with Crippen LogP contribution < -0.4 is 5.32 Å². The first-order valence-corrected chi connectivity index (χ1v) is 8.02. The summed E-state index contributed by atoms with van der Waals surface area (Å²) in [6.07, 6.45) is 4.22. The Labute approximate surface area is 128 Å². The maximum absolute atomic E-state index is 11.5. The summed E-state index contributed by atoms with van der Waals surface area (Å²) in [5.41, 5.74) is 2.27. The van der Waals surface area contributed by atoms with Crippen LogP contribution in [0.15, 0.2) is 24.3 Å². The van der Waals surface area contributed by atoms with Gasteiger partial charge in [0.15, 0.2) is 0 Å². The smallest absolute Gasteiger partial charge is 0.309 e. The Bertz CT molecular complexity index is 472. The van der Waals surface area contributed by atoms with Crippen LogP contribution in [0.4, 0.5) is 0 Å². The van der Waals surface area contributed by atoms with E-state index >= 15 is 0 Å². The zero-order valence-corrected chi connectivity index (χ0v) is 13.4. The van der Waals surface area contributed by atoms with Crippen molar-refractivity contribution in [1.82, 2.24) is 5.32 Å². The second-order valence-corrected chi connectivity index (χ2v) is 6.11. The van der Waals surface area contributed by atoms with E-state index in [4.69, 9.17) is 4.74 Å². The van der Waals surface area contributed by atoms with E-state index in [1.54, 1.807) is 0 Å². The standard InChI is InChI=1S/C18H27NO2/c1-4-14-9-10-17(13(14)2)19-12-16-8-6-5-7-15(16)11-18(20)21-3/h5-8,13-14,17,19H,4,9-12H2,1-3H3. The highest BCUT2D eigenvalue weighted by Gasteiger charge is 2.30. The summed E-state index contributed by atoms with van der Waals surface area (Å²) >= 11 is 0. The quantitative estimate of drug-likeness (QED) is 0.817. The molecule has 1 aliphatic rings. The molecule has 3 nitrogen and oxygen atoms in total. The Balaban J connectivity index is 1.96. The van der Waals surface area contributed by atoms with Gasteiger partial charge in [-0.15, -0.1) is 0 Å². The average Bonchev–Trinajstić information content (AvgIpc) is 2.86.